The molecule has 3 nitrogen and oxygen atoms in total. The van der Waals surface area contributed by atoms with Gasteiger partial charge in [-0.2, -0.15) is 0 Å². The minimum absolute atomic E-state index is 0. The summed E-state index contributed by atoms with van der Waals surface area (Å²) in [4.78, 5) is 0. The molecule has 6 heteroatoms. The van der Waals surface area contributed by atoms with Crippen molar-refractivity contribution in [1.82, 2.24) is 0 Å². The predicted octanol–water partition coefficient (Wildman–Crippen LogP) is -0.387. The molecule has 0 radical (unpaired) electrons. The smallest absolute Gasteiger partial charge is 0.748 e. The number of hydrogen-bond donors (Lipinski definition) is 0. The summed E-state index contributed by atoms with van der Waals surface area (Å²) in [6.45, 7) is 10.8. The van der Waals surface area contributed by atoms with Crippen LogP contribution < -0.4 is 18.9 Å². The van der Waals surface area contributed by atoms with Gasteiger partial charge in [0.1, 0.15) is 0 Å². The molecule has 0 aliphatic heterocycles. The Bertz CT molecular complexity index is 270. The molecule has 0 aliphatic rings. The third-order valence-electron chi connectivity index (χ3n) is 2.49. The molecule has 0 spiro atoms. The fourth-order valence-corrected chi connectivity index (χ4v) is 6.55. The van der Waals surface area contributed by atoms with Crippen molar-refractivity contribution in [2.75, 3.05) is 5.75 Å². The zero-order valence-corrected chi connectivity index (χ0v) is 12.9. The molecule has 16 heavy (non-hydrogen) atoms. The van der Waals surface area contributed by atoms with Crippen LogP contribution in [0.4, 0.5) is 0 Å². The zero-order valence-electron chi connectivity index (χ0n) is 11.2. The number of rotatable bonds is 6. The van der Waals surface area contributed by atoms with E-state index in [-0.39, 0.29) is 32.5 Å². The van der Waals surface area contributed by atoms with E-state index in [2.05, 4.69) is 34.6 Å². The standard InChI is InChI=1S/C10H23O3PS.Li/c1-8(2)14(9(3)4)10(5)6-7-15(11,12)13;/h8-10H,6-7H2,1-5H3,(H,11,12,13);/q;+1/p-1. The van der Waals surface area contributed by atoms with Crippen molar-refractivity contribution in [2.24, 2.45) is 0 Å². The molecule has 0 saturated carbocycles. The molecule has 0 heterocycles. The summed E-state index contributed by atoms with van der Waals surface area (Å²) in [6, 6.07) is 0. The van der Waals surface area contributed by atoms with Crippen molar-refractivity contribution >= 4 is 18.0 Å². The first-order valence-corrected chi connectivity index (χ1v) is 8.48. The molecule has 0 N–H and O–H groups in total. The van der Waals surface area contributed by atoms with Gasteiger partial charge in [0.2, 0.25) is 0 Å². The van der Waals surface area contributed by atoms with Crippen molar-refractivity contribution < 1.29 is 31.8 Å². The maximum absolute atomic E-state index is 10.5. The van der Waals surface area contributed by atoms with E-state index in [9.17, 15) is 13.0 Å². The van der Waals surface area contributed by atoms with Crippen LogP contribution in [0.1, 0.15) is 41.0 Å². The first-order chi connectivity index (χ1) is 6.65. The van der Waals surface area contributed by atoms with Gasteiger partial charge in [-0.25, -0.2) is 8.42 Å². The van der Waals surface area contributed by atoms with Gasteiger partial charge in [0.05, 0.1) is 10.1 Å². The normalized spacial score (nSPS) is 14.3. The van der Waals surface area contributed by atoms with E-state index >= 15 is 0 Å². The van der Waals surface area contributed by atoms with E-state index < -0.39 is 10.1 Å². The summed E-state index contributed by atoms with van der Waals surface area (Å²) in [7, 11) is -4.24. The second kappa shape index (κ2) is 8.11. The Labute approximate surface area is 113 Å². The summed E-state index contributed by atoms with van der Waals surface area (Å²) >= 11 is 0. The molecule has 0 amide bonds. The van der Waals surface area contributed by atoms with E-state index in [1.807, 2.05) is 0 Å². The Kier molecular flexibility index (Phi) is 9.78. The maximum Gasteiger partial charge on any atom is 1.00 e. The van der Waals surface area contributed by atoms with Crippen LogP contribution in [-0.4, -0.2) is 35.7 Å². The van der Waals surface area contributed by atoms with E-state index in [1.54, 1.807) is 0 Å². The van der Waals surface area contributed by atoms with Crippen LogP contribution in [-0.2, 0) is 10.1 Å². The molecule has 0 aromatic heterocycles. The predicted molar refractivity (Wildman–Crippen MR) is 65.8 cm³/mol. The Balaban J connectivity index is 0. The van der Waals surface area contributed by atoms with E-state index in [1.165, 1.54) is 0 Å². The van der Waals surface area contributed by atoms with Gasteiger partial charge in [0, 0.05) is 5.75 Å². The molecular weight excluding hydrogens is 238 g/mol. The fraction of sp³-hybridized carbons (Fsp3) is 1.00. The molecule has 1 unspecified atom stereocenters. The van der Waals surface area contributed by atoms with Crippen molar-refractivity contribution in [3.63, 3.8) is 0 Å². The van der Waals surface area contributed by atoms with Gasteiger partial charge in [-0.15, -0.1) is 0 Å². The van der Waals surface area contributed by atoms with Gasteiger partial charge in [-0.3, -0.25) is 0 Å². The summed E-state index contributed by atoms with van der Waals surface area (Å²) in [5.41, 5.74) is 1.53. The molecule has 0 aromatic rings. The second-order valence-electron chi connectivity index (χ2n) is 4.53. The van der Waals surface area contributed by atoms with Crippen LogP contribution in [0, 0.1) is 0 Å². The third-order valence-corrected chi connectivity index (χ3v) is 6.88. The summed E-state index contributed by atoms with van der Waals surface area (Å²) in [6.07, 6.45) is 0.508. The summed E-state index contributed by atoms with van der Waals surface area (Å²) < 4.78 is 31.6. The monoisotopic (exact) mass is 260 g/mol. The molecule has 0 aromatic carbocycles. The van der Waals surface area contributed by atoms with E-state index in [4.69, 9.17) is 0 Å². The average molecular weight is 260 g/mol. The van der Waals surface area contributed by atoms with Crippen LogP contribution in [0.15, 0.2) is 0 Å². The third kappa shape index (κ3) is 8.09. The first kappa shape index (κ1) is 19.3. The van der Waals surface area contributed by atoms with Crippen LogP contribution in [0.5, 0.6) is 0 Å². The van der Waals surface area contributed by atoms with Gasteiger partial charge in [0.25, 0.3) is 0 Å². The van der Waals surface area contributed by atoms with Crippen molar-refractivity contribution in [1.29, 1.82) is 0 Å². The Morgan fingerprint density at radius 1 is 1.06 bits per heavy atom. The van der Waals surface area contributed by atoms with Crippen LogP contribution in [0.2, 0.25) is 0 Å². The molecule has 0 bridgehead atoms. The molecule has 0 rings (SSSR count). The van der Waals surface area contributed by atoms with Crippen LogP contribution >= 0.6 is 7.92 Å². The first-order valence-electron chi connectivity index (χ1n) is 5.36. The Morgan fingerprint density at radius 3 is 1.69 bits per heavy atom. The molecule has 0 aliphatic carbocycles. The van der Waals surface area contributed by atoms with Crippen LogP contribution in [0.3, 0.4) is 0 Å². The molecule has 1 atom stereocenters. The summed E-state index contributed by atoms with van der Waals surface area (Å²) in [5, 5.41) is 0. The van der Waals surface area contributed by atoms with Crippen molar-refractivity contribution in [3.05, 3.63) is 0 Å². The van der Waals surface area contributed by atoms with Gasteiger partial charge >= 0.3 is 18.9 Å². The van der Waals surface area contributed by atoms with E-state index in [0.717, 1.165) is 0 Å². The Hall–Kier alpha value is 0.937. The zero-order chi connectivity index (χ0) is 12.2. The Morgan fingerprint density at radius 2 is 1.44 bits per heavy atom. The van der Waals surface area contributed by atoms with Gasteiger partial charge in [0.15, 0.2) is 0 Å². The van der Waals surface area contributed by atoms with E-state index in [0.29, 0.717) is 23.4 Å². The molecule has 0 saturated heterocycles. The minimum Gasteiger partial charge on any atom is -0.748 e. The van der Waals surface area contributed by atoms with Gasteiger partial charge in [-0.1, -0.05) is 42.5 Å². The fourth-order valence-electron chi connectivity index (χ4n) is 2.08. The quantitative estimate of drug-likeness (QED) is 0.371. The average Bonchev–Trinajstić information content (AvgIpc) is 1.97. The summed E-state index contributed by atoms with van der Waals surface area (Å²) in [5.74, 6) is -0.216. The SMILES string of the molecule is CC(C)P(C(C)C)C(C)CCS(=O)(=O)[O-].[Li+]. The maximum atomic E-state index is 10.5. The second-order valence-corrected chi connectivity index (χ2v) is 9.90. The van der Waals surface area contributed by atoms with Crippen molar-refractivity contribution in [3.8, 4) is 0 Å². The van der Waals surface area contributed by atoms with Gasteiger partial charge in [-0.05, 0) is 23.4 Å². The van der Waals surface area contributed by atoms with Crippen LogP contribution in [0.25, 0.3) is 0 Å². The molecule has 0 fully saturated rings. The largest absolute Gasteiger partial charge is 1.00 e. The topological polar surface area (TPSA) is 57.2 Å². The molecule has 92 valence electrons. The van der Waals surface area contributed by atoms with Gasteiger partial charge < -0.3 is 4.55 Å². The molecular formula is C10H22LiO3PS. The number of hydrogen-bond acceptors (Lipinski definition) is 3. The minimum atomic E-state index is -4.04. The van der Waals surface area contributed by atoms with Crippen molar-refractivity contribution in [2.45, 2.75) is 58.0 Å².